The number of benzene rings is 1. The highest BCUT2D eigenvalue weighted by Gasteiger charge is 2.38. The lowest BCUT2D eigenvalue weighted by Gasteiger charge is -2.36. The van der Waals surface area contributed by atoms with E-state index >= 15 is 0 Å². The Hall–Kier alpha value is 0.630. The highest BCUT2D eigenvalue weighted by Crippen LogP contribution is 2.46. The van der Waals surface area contributed by atoms with Crippen molar-refractivity contribution in [2.24, 2.45) is 0 Å². The molecule has 14 heavy (non-hydrogen) atoms. The lowest BCUT2D eigenvalue weighted by atomic mass is 10.1. The summed E-state index contributed by atoms with van der Waals surface area (Å²) in [6.07, 6.45) is 2.16. The van der Waals surface area contributed by atoms with Gasteiger partial charge >= 0.3 is 0 Å². The number of halogens is 3. The molecule has 0 nitrogen and oxygen atoms in total. The Morgan fingerprint density at radius 2 is 2.21 bits per heavy atom. The predicted molar refractivity (Wildman–Crippen MR) is 68.6 cm³/mol. The first kappa shape index (κ1) is 11.1. The molecule has 1 aromatic carbocycles. The first-order valence-electron chi connectivity index (χ1n) is 4.21. The summed E-state index contributed by atoms with van der Waals surface area (Å²) in [6.45, 7) is 0. The SMILES string of the molecule is Clc1cccc([CH]C2SC(Br)C2Cl)c1. The van der Waals surface area contributed by atoms with E-state index in [4.69, 9.17) is 23.2 Å². The third-order valence-corrected chi connectivity index (χ3v) is 5.93. The molecule has 1 aliphatic heterocycles. The Labute approximate surface area is 106 Å². The zero-order valence-electron chi connectivity index (χ0n) is 7.16. The van der Waals surface area contributed by atoms with Gasteiger partial charge in [0.05, 0.1) is 9.54 Å². The average Bonchev–Trinajstić information content (AvgIpc) is 2.17. The molecule has 1 heterocycles. The fourth-order valence-electron chi connectivity index (χ4n) is 1.29. The van der Waals surface area contributed by atoms with Crippen LogP contribution in [0.3, 0.4) is 0 Å². The fraction of sp³-hybridized carbons (Fsp3) is 0.300. The van der Waals surface area contributed by atoms with E-state index in [0.717, 1.165) is 10.6 Å². The first-order chi connectivity index (χ1) is 6.66. The second-order valence-corrected chi connectivity index (χ2v) is 6.98. The molecule has 0 saturated carbocycles. The van der Waals surface area contributed by atoms with Crippen LogP contribution in [0.5, 0.6) is 0 Å². The van der Waals surface area contributed by atoms with E-state index in [-0.39, 0.29) is 5.38 Å². The van der Waals surface area contributed by atoms with Gasteiger partial charge in [-0.05, 0) is 17.7 Å². The number of hydrogen-bond acceptors (Lipinski definition) is 1. The van der Waals surface area contributed by atoms with Crippen molar-refractivity contribution in [3.63, 3.8) is 0 Å². The van der Waals surface area contributed by atoms with Crippen molar-refractivity contribution in [2.75, 3.05) is 0 Å². The Morgan fingerprint density at radius 3 is 2.79 bits per heavy atom. The molecule has 3 atom stereocenters. The van der Waals surface area contributed by atoms with Crippen molar-refractivity contribution in [1.82, 2.24) is 0 Å². The number of alkyl halides is 2. The van der Waals surface area contributed by atoms with E-state index in [0.29, 0.717) is 9.41 Å². The van der Waals surface area contributed by atoms with Gasteiger partial charge < -0.3 is 0 Å². The zero-order chi connectivity index (χ0) is 10.1. The van der Waals surface area contributed by atoms with E-state index in [9.17, 15) is 0 Å². The summed E-state index contributed by atoms with van der Waals surface area (Å²) in [5.41, 5.74) is 1.14. The van der Waals surface area contributed by atoms with Gasteiger partial charge in [-0.25, -0.2) is 0 Å². The first-order valence-corrected chi connectivity index (χ1v) is 6.88. The van der Waals surface area contributed by atoms with Gasteiger partial charge in [0.1, 0.15) is 0 Å². The van der Waals surface area contributed by atoms with Crippen molar-refractivity contribution >= 4 is 50.9 Å². The Morgan fingerprint density at radius 1 is 1.43 bits per heavy atom. The lowest BCUT2D eigenvalue weighted by Crippen LogP contribution is -2.37. The molecular formula is C10H8BrCl2S. The molecule has 0 N–H and O–H groups in total. The molecule has 0 aromatic heterocycles. The molecule has 0 amide bonds. The summed E-state index contributed by atoms with van der Waals surface area (Å²) >= 11 is 17.3. The summed E-state index contributed by atoms with van der Waals surface area (Å²) in [6, 6.07) is 7.82. The van der Waals surface area contributed by atoms with Crippen LogP contribution in [-0.2, 0) is 0 Å². The minimum absolute atomic E-state index is 0.180. The van der Waals surface area contributed by atoms with E-state index < -0.39 is 0 Å². The van der Waals surface area contributed by atoms with Crippen LogP contribution in [0.1, 0.15) is 5.56 Å². The van der Waals surface area contributed by atoms with Crippen molar-refractivity contribution in [3.8, 4) is 0 Å². The Bertz CT molecular complexity index is 332. The van der Waals surface area contributed by atoms with E-state index in [1.54, 1.807) is 0 Å². The van der Waals surface area contributed by atoms with Gasteiger partial charge in [-0.1, -0.05) is 39.7 Å². The van der Waals surface area contributed by atoms with Crippen LogP contribution >= 0.6 is 50.9 Å². The van der Waals surface area contributed by atoms with Crippen LogP contribution in [-0.4, -0.2) is 14.8 Å². The summed E-state index contributed by atoms with van der Waals surface area (Å²) in [5, 5.41) is 1.34. The van der Waals surface area contributed by atoms with Crippen LogP contribution < -0.4 is 0 Å². The molecule has 1 radical (unpaired) electrons. The van der Waals surface area contributed by atoms with Crippen molar-refractivity contribution in [1.29, 1.82) is 0 Å². The molecule has 1 aliphatic rings. The second kappa shape index (κ2) is 4.65. The molecule has 1 fully saturated rings. The van der Waals surface area contributed by atoms with Gasteiger partial charge in [-0.3, -0.25) is 0 Å². The van der Waals surface area contributed by atoms with Gasteiger partial charge in [-0.2, -0.15) is 0 Å². The monoisotopic (exact) mass is 309 g/mol. The van der Waals surface area contributed by atoms with Crippen LogP contribution in [0.4, 0.5) is 0 Å². The third kappa shape index (κ3) is 2.41. The number of thioether (sulfide) groups is 1. The van der Waals surface area contributed by atoms with Crippen LogP contribution in [0.25, 0.3) is 0 Å². The highest BCUT2D eigenvalue weighted by molar-refractivity contribution is 9.11. The van der Waals surface area contributed by atoms with E-state index in [2.05, 4.69) is 22.4 Å². The van der Waals surface area contributed by atoms with Crippen molar-refractivity contribution in [3.05, 3.63) is 41.3 Å². The van der Waals surface area contributed by atoms with Crippen molar-refractivity contribution in [2.45, 2.75) is 14.8 Å². The average molecular weight is 311 g/mol. The quantitative estimate of drug-likeness (QED) is 0.732. The molecule has 2 rings (SSSR count). The maximum atomic E-state index is 6.12. The van der Waals surface area contributed by atoms with Gasteiger partial charge in [0.25, 0.3) is 0 Å². The molecule has 75 valence electrons. The van der Waals surface area contributed by atoms with Gasteiger partial charge in [-0.15, -0.1) is 23.4 Å². The minimum atomic E-state index is 0.180. The Kier molecular flexibility index (Phi) is 3.69. The summed E-state index contributed by atoms with van der Waals surface area (Å²) in [4.78, 5) is 0. The molecule has 3 unspecified atom stereocenters. The van der Waals surface area contributed by atoms with Crippen LogP contribution in [0.2, 0.25) is 5.02 Å². The normalized spacial score (nSPS) is 31.2. The number of hydrogen-bond donors (Lipinski definition) is 0. The summed E-state index contributed by atoms with van der Waals surface area (Å²) in [7, 11) is 0. The third-order valence-electron chi connectivity index (χ3n) is 2.06. The number of rotatable bonds is 2. The summed E-state index contributed by atoms with van der Waals surface area (Å²) in [5.74, 6) is 0. The summed E-state index contributed by atoms with van der Waals surface area (Å²) < 4.78 is 0.379. The molecule has 1 aromatic rings. The molecule has 4 heteroatoms. The largest absolute Gasteiger partial charge is 0.140 e. The van der Waals surface area contributed by atoms with E-state index in [1.165, 1.54) is 0 Å². The van der Waals surface area contributed by atoms with Crippen LogP contribution in [0.15, 0.2) is 24.3 Å². The lowest BCUT2D eigenvalue weighted by molar-refractivity contribution is 0.873. The van der Waals surface area contributed by atoms with Gasteiger partial charge in [0, 0.05) is 16.7 Å². The van der Waals surface area contributed by atoms with Gasteiger partial charge in [0.2, 0.25) is 0 Å². The molecule has 1 saturated heterocycles. The van der Waals surface area contributed by atoms with Crippen molar-refractivity contribution < 1.29 is 0 Å². The maximum absolute atomic E-state index is 6.12. The molecular weight excluding hydrogens is 303 g/mol. The van der Waals surface area contributed by atoms with Gasteiger partial charge in [0.15, 0.2) is 0 Å². The standard InChI is InChI=1S/C10H8BrCl2S/c11-10-9(13)8(14-10)5-6-2-1-3-7(12)4-6/h1-5,8-10H. The molecule has 0 bridgehead atoms. The van der Waals surface area contributed by atoms with Crippen LogP contribution in [0, 0.1) is 6.42 Å². The Balaban J connectivity index is 1.98. The molecule has 0 aliphatic carbocycles. The fourth-order valence-corrected chi connectivity index (χ4v) is 4.09. The van der Waals surface area contributed by atoms with E-state index in [1.807, 2.05) is 36.0 Å². The highest BCUT2D eigenvalue weighted by atomic mass is 79.9. The topological polar surface area (TPSA) is 0 Å². The maximum Gasteiger partial charge on any atom is 0.0778 e. The smallest absolute Gasteiger partial charge is 0.0778 e. The zero-order valence-corrected chi connectivity index (χ0v) is 11.1. The molecule has 0 spiro atoms. The second-order valence-electron chi connectivity index (χ2n) is 3.12. The minimum Gasteiger partial charge on any atom is -0.140 e. The predicted octanol–water partition coefficient (Wildman–Crippen LogP) is 4.34.